The summed E-state index contributed by atoms with van der Waals surface area (Å²) in [6.07, 6.45) is 0.536. The highest BCUT2D eigenvalue weighted by Crippen LogP contribution is 2.19. The number of benzene rings is 2. The van der Waals surface area contributed by atoms with Crippen LogP contribution in [0.4, 0.5) is 0 Å². The highest BCUT2D eigenvalue weighted by molar-refractivity contribution is 5.76. The Morgan fingerprint density at radius 3 is 2.41 bits per heavy atom. The number of aryl methyl sites for hydroxylation is 1. The number of hydrogen-bond donors (Lipinski definition) is 1. The van der Waals surface area contributed by atoms with Crippen LogP contribution in [0.25, 0.3) is 11.4 Å². The van der Waals surface area contributed by atoms with E-state index in [9.17, 15) is 9.59 Å². The Morgan fingerprint density at radius 1 is 1.00 bits per heavy atom. The largest absolute Gasteiger partial charge is 0.489 e. The Morgan fingerprint density at radius 2 is 1.72 bits per heavy atom. The smallest absolute Gasteiger partial charge is 0.273 e. The molecule has 2 heterocycles. The van der Waals surface area contributed by atoms with Gasteiger partial charge in [0.15, 0.2) is 5.82 Å². The second-order valence-corrected chi connectivity index (χ2v) is 7.93. The lowest BCUT2D eigenvalue weighted by atomic mass is 10.2. The normalized spacial score (nSPS) is 14.3. The average molecular weight is 434 g/mol. The molecule has 1 fully saturated rings. The lowest BCUT2D eigenvalue weighted by Crippen LogP contribution is -2.47. The number of piperazine rings is 1. The molecule has 0 spiro atoms. The fraction of sp³-hybridized carbons (Fsp3) is 0.333. The van der Waals surface area contributed by atoms with Crippen LogP contribution in [0.1, 0.15) is 17.7 Å². The first kappa shape index (κ1) is 21.7. The van der Waals surface area contributed by atoms with Gasteiger partial charge in [-0.2, -0.15) is 0 Å². The van der Waals surface area contributed by atoms with Crippen molar-refractivity contribution in [1.82, 2.24) is 25.0 Å². The lowest BCUT2D eigenvalue weighted by Gasteiger charge is -2.32. The zero-order valence-corrected chi connectivity index (χ0v) is 18.2. The number of nitrogens with zero attached hydrogens (tertiary/aromatic N) is 4. The van der Waals surface area contributed by atoms with Crippen molar-refractivity contribution in [1.29, 1.82) is 0 Å². The number of aromatic amines is 1. The van der Waals surface area contributed by atoms with Crippen LogP contribution in [0.3, 0.4) is 0 Å². The van der Waals surface area contributed by atoms with E-state index in [0.29, 0.717) is 12.4 Å². The van der Waals surface area contributed by atoms with Gasteiger partial charge >= 0.3 is 0 Å². The molecule has 0 aliphatic carbocycles. The van der Waals surface area contributed by atoms with Gasteiger partial charge in [0, 0.05) is 44.6 Å². The third kappa shape index (κ3) is 5.59. The molecule has 1 aliphatic rings. The molecule has 2 aromatic carbocycles. The maximum absolute atomic E-state index is 12.5. The van der Waals surface area contributed by atoms with Crippen molar-refractivity contribution in [3.05, 3.63) is 76.2 Å². The number of amides is 1. The first-order chi connectivity index (χ1) is 15.6. The molecule has 0 radical (unpaired) electrons. The van der Waals surface area contributed by atoms with Crippen LogP contribution in [-0.4, -0.2) is 64.1 Å². The molecule has 32 heavy (non-hydrogen) atoms. The maximum atomic E-state index is 12.5. The number of ether oxygens (including phenoxy) is 1. The van der Waals surface area contributed by atoms with Crippen molar-refractivity contribution in [2.75, 3.05) is 33.2 Å². The lowest BCUT2D eigenvalue weighted by molar-refractivity contribution is -0.132. The summed E-state index contributed by atoms with van der Waals surface area (Å²) >= 11 is 0. The number of likely N-dealkylation sites (N-methyl/N-ethyl adjacent to an activating group) is 1. The SMILES string of the molecule is CN1CCN(C(=O)CCc2nnc(-c3ccc(OCc4ccccc4)cc3)[nH]c2=O)CC1. The van der Waals surface area contributed by atoms with Gasteiger partial charge < -0.3 is 19.5 Å². The van der Waals surface area contributed by atoms with Crippen LogP contribution in [0, 0.1) is 0 Å². The number of nitrogens with one attached hydrogen (secondary N) is 1. The van der Waals surface area contributed by atoms with E-state index in [0.717, 1.165) is 43.1 Å². The minimum atomic E-state index is -0.314. The summed E-state index contributed by atoms with van der Waals surface area (Å²) < 4.78 is 5.79. The zero-order valence-electron chi connectivity index (χ0n) is 18.2. The molecule has 4 rings (SSSR count). The van der Waals surface area contributed by atoms with E-state index in [1.54, 1.807) is 0 Å². The fourth-order valence-electron chi connectivity index (χ4n) is 3.54. The Hall–Kier alpha value is -3.52. The molecule has 3 aromatic rings. The van der Waals surface area contributed by atoms with Gasteiger partial charge in [-0.1, -0.05) is 30.3 Å². The van der Waals surface area contributed by atoms with Crippen molar-refractivity contribution >= 4 is 5.91 Å². The van der Waals surface area contributed by atoms with Gasteiger partial charge in [-0.15, -0.1) is 10.2 Å². The monoisotopic (exact) mass is 433 g/mol. The predicted octanol–water partition coefficient (Wildman–Crippen LogP) is 2.12. The summed E-state index contributed by atoms with van der Waals surface area (Å²) in [5.74, 6) is 1.17. The number of aromatic nitrogens is 3. The second-order valence-electron chi connectivity index (χ2n) is 7.93. The molecule has 1 amide bonds. The first-order valence-corrected chi connectivity index (χ1v) is 10.8. The Kier molecular flexibility index (Phi) is 6.91. The van der Waals surface area contributed by atoms with Crippen LogP contribution in [-0.2, 0) is 17.8 Å². The van der Waals surface area contributed by atoms with Crippen LogP contribution in [0.2, 0.25) is 0 Å². The van der Waals surface area contributed by atoms with E-state index in [1.165, 1.54) is 0 Å². The quantitative estimate of drug-likeness (QED) is 0.614. The molecule has 0 saturated carbocycles. The highest BCUT2D eigenvalue weighted by Gasteiger charge is 2.19. The summed E-state index contributed by atoms with van der Waals surface area (Å²) in [5, 5.41) is 8.23. The number of carbonyl (C=O) groups is 1. The minimum absolute atomic E-state index is 0.0504. The van der Waals surface area contributed by atoms with Gasteiger partial charge in [0.2, 0.25) is 5.91 Å². The predicted molar refractivity (Wildman–Crippen MR) is 121 cm³/mol. The third-order valence-corrected chi connectivity index (χ3v) is 5.57. The van der Waals surface area contributed by atoms with E-state index in [2.05, 4.69) is 20.1 Å². The van der Waals surface area contributed by atoms with Gasteiger partial charge in [0.25, 0.3) is 5.56 Å². The fourth-order valence-corrected chi connectivity index (χ4v) is 3.54. The molecule has 0 bridgehead atoms. The highest BCUT2D eigenvalue weighted by atomic mass is 16.5. The van der Waals surface area contributed by atoms with Crippen molar-refractivity contribution in [3.8, 4) is 17.1 Å². The maximum Gasteiger partial charge on any atom is 0.273 e. The molecule has 1 aliphatic heterocycles. The summed E-state index contributed by atoms with van der Waals surface area (Å²) in [6.45, 7) is 3.68. The average Bonchev–Trinajstić information content (AvgIpc) is 2.83. The molecule has 1 aromatic heterocycles. The van der Waals surface area contributed by atoms with Gasteiger partial charge in [-0.05, 0) is 36.9 Å². The van der Waals surface area contributed by atoms with E-state index in [-0.39, 0.29) is 30.0 Å². The number of H-pyrrole nitrogens is 1. The van der Waals surface area contributed by atoms with Gasteiger partial charge in [0.05, 0.1) is 0 Å². The second kappa shape index (κ2) is 10.2. The van der Waals surface area contributed by atoms with Crippen LogP contribution in [0.15, 0.2) is 59.4 Å². The van der Waals surface area contributed by atoms with Gasteiger partial charge in [-0.3, -0.25) is 9.59 Å². The summed E-state index contributed by atoms with van der Waals surface area (Å²) in [6, 6.07) is 17.3. The molecule has 0 unspecified atom stereocenters. The summed E-state index contributed by atoms with van der Waals surface area (Å²) in [7, 11) is 2.05. The Balaban J connectivity index is 1.33. The van der Waals surface area contributed by atoms with Gasteiger partial charge in [0.1, 0.15) is 18.1 Å². The molecule has 166 valence electrons. The Labute approximate surface area is 186 Å². The van der Waals surface area contributed by atoms with Crippen molar-refractivity contribution < 1.29 is 9.53 Å². The van der Waals surface area contributed by atoms with Crippen molar-refractivity contribution in [2.24, 2.45) is 0 Å². The van der Waals surface area contributed by atoms with Crippen LogP contribution < -0.4 is 10.3 Å². The topological polar surface area (TPSA) is 91.4 Å². The number of hydrogen-bond acceptors (Lipinski definition) is 6. The van der Waals surface area contributed by atoms with Gasteiger partial charge in [-0.25, -0.2) is 0 Å². The minimum Gasteiger partial charge on any atom is -0.489 e. The third-order valence-electron chi connectivity index (χ3n) is 5.57. The standard InChI is InChI=1S/C24H27N5O3/c1-28-13-15-29(16-14-28)22(30)12-11-21-24(31)25-23(27-26-21)19-7-9-20(10-8-19)32-17-18-5-3-2-4-6-18/h2-10H,11-17H2,1H3,(H,25,27,31). The summed E-state index contributed by atoms with van der Waals surface area (Å²) in [5.41, 5.74) is 1.79. The molecule has 1 N–H and O–H groups in total. The van der Waals surface area contributed by atoms with E-state index in [1.807, 2.05) is 66.5 Å². The molecule has 8 heteroatoms. The zero-order chi connectivity index (χ0) is 22.3. The number of rotatable bonds is 7. The number of carbonyl (C=O) groups excluding carboxylic acids is 1. The van der Waals surface area contributed by atoms with E-state index < -0.39 is 0 Å². The van der Waals surface area contributed by atoms with Crippen molar-refractivity contribution in [3.63, 3.8) is 0 Å². The first-order valence-electron chi connectivity index (χ1n) is 10.8. The molecular formula is C24H27N5O3. The molecular weight excluding hydrogens is 406 g/mol. The molecule has 1 saturated heterocycles. The van der Waals surface area contributed by atoms with Crippen LogP contribution in [0.5, 0.6) is 5.75 Å². The molecule has 8 nitrogen and oxygen atoms in total. The van der Waals surface area contributed by atoms with E-state index in [4.69, 9.17) is 4.74 Å². The molecule has 0 atom stereocenters. The Bertz CT molecular complexity index is 1090. The van der Waals surface area contributed by atoms with E-state index >= 15 is 0 Å². The summed E-state index contributed by atoms with van der Waals surface area (Å²) in [4.78, 5) is 31.7. The van der Waals surface area contributed by atoms with Crippen molar-refractivity contribution in [2.45, 2.75) is 19.4 Å². The van der Waals surface area contributed by atoms with Crippen LogP contribution >= 0.6 is 0 Å².